The normalized spacial score (nSPS) is 15.7. The van der Waals surface area contributed by atoms with E-state index in [0.717, 1.165) is 11.0 Å². The number of likely N-dealkylation sites (tertiary alicyclic amines) is 1. The van der Waals surface area contributed by atoms with Gasteiger partial charge in [0, 0.05) is 17.3 Å². The number of rotatable bonds is 5. The van der Waals surface area contributed by atoms with Gasteiger partial charge in [-0.2, -0.15) is 0 Å². The molecule has 1 aromatic carbocycles. The third-order valence-electron chi connectivity index (χ3n) is 5.40. The van der Waals surface area contributed by atoms with E-state index in [0.29, 0.717) is 16.7 Å². The van der Waals surface area contributed by atoms with Crippen molar-refractivity contribution in [1.82, 2.24) is 19.7 Å². The maximum absolute atomic E-state index is 14.6. The van der Waals surface area contributed by atoms with Crippen molar-refractivity contribution in [3.05, 3.63) is 42.5 Å². The van der Waals surface area contributed by atoms with Crippen molar-refractivity contribution in [2.75, 3.05) is 23.3 Å². The molecule has 172 valence electrons. The highest BCUT2D eigenvalue weighted by molar-refractivity contribution is 6.62. The number of pyridine rings is 1. The van der Waals surface area contributed by atoms with Gasteiger partial charge in [0.05, 0.1) is 30.5 Å². The Balaban J connectivity index is 1.64. The van der Waals surface area contributed by atoms with E-state index in [9.17, 15) is 23.1 Å². The number of anilines is 2. The first-order chi connectivity index (χ1) is 15.6. The minimum Gasteiger partial charge on any atom is -0.388 e. The van der Waals surface area contributed by atoms with Gasteiger partial charge < -0.3 is 20.2 Å². The van der Waals surface area contributed by atoms with E-state index in [1.807, 2.05) is 34.5 Å². The number of benzene rings is 1. The van der Waals surface area contributed by atoms with Crippen LogP contribution in [0.4, 0.5) is 29.3 Å². The number of hydrogen-bond donors (Lipinski definition) is 2. The van der Waals surface area contributed by atoms with Crippen molar-refractivity contribution in [3.8, 4) is 5.69 Å². The van der Waals surface area contributed by atoms with E-state index in [-0.39, 0.29) is 11.4 Å². The van der Waals surface area contributed by atoms with Crippen LogP contribution >= 0.6 is 0 Å². The number of alkyl halides is 2. The summed E-state index contributed by atoms with van der Waals surface area (Å²) in [5.74, 6) is -3.46. The SMILES string of the molecule is BC(B)(B)N(c1cnc2nn(-c3cc(NC(=O)N4CC(F)(F)C4)ccc3F)cc2c1)C(B)(B)O. The van der Waals surface area contributed by atoms with Crippen LogP contribution in [0.2, 0.25) is 0 Å². The molecule has 1 fully saturated rings. The molecule has 16 heteroatoms. The summed E-state index contributed by atoms with van der Waals surface area (Å²) < 4.78 is 42.0. The average Bonchev–Trinajstić information content (AvgIpc) is 3.08. The molecule has 2 aromatic heterocycles. The maximum Gasteiger partial charge on any atom is 0.322 e. The summed E-state index contributed by atoms with van der Waals surface area (Å²) in [5.41, 5.74) is 0.167. The van der Waals surface area contributed by atoms with Gasteiger partial charge in [-0.15, -0.1) is 5.10 Å². The monoisotopic (exact) mass is 466 g/mol. The quantitative estimate of drug-likeness (QED) is 0.315. The molecule has 0 saturated carbocycles. The molecule has 3 aromatic rings. The molecule has 3 heterocycles. The largest absolute Gasteiger partial charge is 0.388 e. The van der Waals surface area contributed by atoms with E-state index >= 15 is 0 Å². The number of nitrogens with zero attached hydrogens (tertiary/aromatic N) is 5. The number of nitrogens with one attached hydrogen (secondary N) is 1. The summed E-state index contributed by atoms with van der Waals surface area (Å²) in [4.78, 5) is 19.3. The van der Waals surface area contributed by atoms with Crippen LogP contribution in [-0.4, -0.2) is 99.8 Å². The molecule has 1 aliphatic rings. The second-order valence-corrected chi connectivity index (χ2v) is 9.99. The standard InChI is InChI=1S/C18H22B5F3N6O2/c19-17(20,21)32(18(22,23)34)11-3-9-6-31(29-14(9)27-5-11)13-4-10(1-2-12(13)24)28-15(33)30-7-16(25,26)8-30/h1-6,34H,7-8,19-23H2,(H,28,33). The lowest BCUT2D eigenvalue weighted by molar-refractivity contribution is -0.107. The van der Waals surface area contributed by atoms with Gasteiger partial charge in [0.25, 0.3) is 5.92 Å². The number of hydrogen-bond acceptors (Lipinski definition) is 5. The van der Waals surface area contributed by atoms with Gasteiger partial charge in [-0.3, -0.25) is 0 Å². The average molecular weight is 465 g/mol. The van der Waals surface area contributed by atoms with E-state index in [4.69, 9.17) is 0 Å². The number of aromatic nitrogens is 3. The molecule has 0 spiro atoms. The van der Waals surface area contributed by atoms with Crippen LogP contribution in [0.15, 0.2) is 36.7 Å². The van der Waals surface area contributed by atoms with Crippen LogP contribution in [0.5, 0.6) is 0 Å². The molecule has 8 nitrogen and oxygen atoms in total. The Labute approximate surface area is 198 Å². The van der Waals surface area contributed by atoms with Crippen LogP contribution in [0.25, 0.3) is 16.7 Å². The molecule has 34 heavy (non-hydrogen) atoms. The lowest BCUT2D eigenvalue weighted by atomic mass is 9.46. The Morgan fingerprint density at radius 3 is 2.44 bits per heavy atom. The summed E-state index contributed by atoms with van der Waals surface area (Å²) in [6.07, 6.45) is 3.19. The Morgan fingerprint density at radius 1 is 1.18 bits per heavy atom. The zero-order valence-electron chi connectivity index (χ0n) is 19.6. The fraction of sp³-hybridized carbons (Fsp3) is 0.278. The smallest absolute Gasteiger partial charge is 0.322 e. The number of aliphatic hydroxyl groups is 1. The first-order valence-electron chi connectivity index (χ1n) is 10.8. The molecule has 4 rings (SSSR count). The van der Waals surface area contributed by atoms with Crippen molar-refractivity contribution < 1.29 is 23.1 Å². The molecule has 2 amide bonds. The third-order valence-corrected chi connectivity index (χ3v) is 5.40. The number of amides is 2. The zero-order chi connectivity index (χ0) is 25.1. The third kappa shape index (κ3) is 4.77. The van der Waals surface area contributed by atoms with Gasteiger partial charge in [-0.25, -0.2) is 27.6 Å². The molecule has 0 aliphatic carbocycles. The minimum atomic E-state index is -2.87. The molecule has 2 N–H and O–H groups in total. The second-order valence-electron chi connectivity index (χ2n) is 9.99. The predicted molar refractivity (Wildman–Crippen MR) is 137 cm³/mol. The number of fused-ring (bicyclic) bond motifs is 1. The molecule has 0 radical (unpaired) electrons. The Bertz CT molecular complexity index is 1240. The Kier molecular flexibility index (Phi) is 5.70. The van der Waals surface area contributed by atoms with Gasteiger partial charge in [0.15, 0.2) is 21.3 Å². The van der Waals surface area contributed by atoms with Crippen LogP contribution in [0.1, 0.15) is 0 Å². The maximum atomic E-state index is 14.6. The van der Waals surface area contributed by atoms with E-state index in [1.54, 1.807) is 28.1 Å². The van der Waals surface area contributed by atoms with Crippen molar-refractivity contribution >= 4 is 67.7 Å². The van der Waals surface area contributed by atoms with E-state index < -0.39 is 41.6 Å². The van der Waals surface area contributed by atoms with Crippen LogP contribution in [0.3, 0.4) is 0 Å². The Morgan fingerprint density at radius 2 is 1.85 bits per heavy atom. The topological polar surface area (TPSA) is 86.5 Å². The minimum absolute atomic E-state index is 0.0569. The molecule has 1 saturated heterocycles. The Hall–Kier alpha value is -3.02. The van der Waals surface area contributed by atoms with Gasteiger partial charge in [0.1, 0.15) is 35.0 Å². The summed E-state index contributed by atoms with van der Waals surface area (Å²) in [5, 5.41) is 17.7. The molecular formula is C18H22B5F3N6O2. The number of carbonyl (C=O) groups is 1. The van der Waals surface area contributed by atoms with Crippen LogP contribution in [0, 0.1) is 5.82 Å². The predicted octanol–water partition coefficient (Wildman–Crippen LogP) is -2.77. The van der Waals surface area contributed by atoms with Gasteiger partial charge in [-0.05, 0) is 29.5 Å². The fourth-order valence-corrected chi connectivity index (χ4v) is 4.30. The fourth-order valence-electron chi connectivity index (χ4n) is 4.30. The number of carbonyl (C=O) groups excluding carboxylic acids is 1. The second kappa shape index (κ2) is 8.04. The lowest BCUT2D eigenvalue weighted by Gasteiger charge is -2.47. The highest BCUT2D eigenvalue weighted by Gasteiger charge is 2.46. The van der Waals surface area contributed by atoms with Gasteiger partial charge >= 0.3 is 6.03 Å². The van der Waals surface area contributed by atoms with Crippen molar-refractivity contribution in [3.63, 3.8) is 0 Å². The van der Waals surface area contributed by atoms with Crippen molar-refractivity contribution in [2.45, 2.75) is 16.7 Å². The molecular weight excluding hydrogens is 443 g/mol. The van der Waals surface area contributed by atoms with Crippen molar-refractivity contribution in [2.24, 2.45) is 0 Å². The molecule has 0 unspecified atom stereocenters. The van der Waals surface area contributed by atoms with E-state index in [1.165, 1.54) is 16.8 Å². The highest BCUT2D eigenvalue weighted by Crippen LogP contribution is 2.29. The molecule has 1 aliphatic heterocycles. The summed E-state index contributed by atoms with van der Waals surface area (Å²) >= 11 is 0. The highest BCUT2D eigenvalue weighted by atomic mass is 19.3. The van der Waals surface area contributed by atoms with Gasteiger partial charge in [-0.1, -0.05) is 0 Å². The zero-order valence-corrected chi connectivity index (χ0v) is 19.6. The van der Waals surface area contributed by atoms with E-state index in [2.05, 4.69) is 15.4 Å². The lowest BCUT2D eigenvalue weighted by Crippen LogP contribution is -2.64. The summed E-state index contributed by atoms with van der Waals surface area (Å²) in [6.45, 7) is -1.30. The number of urea groups is 1. The summed E-state index contributed by atoms with van der Waals surface area (Å²) in [6, 6.07) is 5.00. The van der Waals surface area contributed by atoms with Crippen molar-refractivity contribution in [1.29, 1.82) is 0 Å². The molecule has 0 bridgehead atoms. The first kappa shape index (κ1) is 24.1. The van der Waals surface area contributed by atoms with Crippen LogP contribution < -0.4 is 10.2 Å². The first-order valence-corrected chi connectivity index (χ1v) is 10.8. The number of halogens is 3. The van der Waals surface area contributed by atoms with Crippen LogP contribution in [-0.2, 0) is 0 Å². The molecule has 0 atom stereocenters. The van der Waals surface area contributed by atoms with Gasteiger partial charge in [0.2, 0.25) is 0 Å². The summed E-state index contributed by atoms with van der Waals surface area (Å²) in [7, 11) is 9.27.